The molecule has 0 saturated heterocycles. The van der Waals surface area contributed by atoms with E-state index in [1.54, 1.807) is 0 Å². The maximum Gasteiger partial charge on any atom is 0.303 e. The van der Waals surface area contributed by atoms with E-state index in [0.29, 0.717) is 52.1 Å². The van der Waals surface area contributed by atoms with Gasteiger partial charge in [-0.2, -0.15) is 0 Å². The van der Waals surface area contributed by atoms with Crippen molar-refractivity contribution in [3.63, 3.8) is 0 Å². The highest BCUT2D eigenvalue weighted by molar-refractivity contribution is 6.26. The number of ether oxygens (including phenoxy) is 4. The average molecular weight is 801 g/mol. The number of hydrogen-bond acceptors (Lipinski definition) is 6. The summed E-state index contributed by atoms with van der Waals surface area (Å²) in [6.45, 7) is 11.3. The smallest absolute Gasteiger partial charge is 0.303 e. The van der Waals surface area contributed by atoms with Crippen LogP contribution in [0.4, 0.5) is 0 Å². The van der Waals surface area contributed by atoms with Gasteiger partial charge < -0.3 is 29.2 Å². The number of carboxylic acid groups (broad SMARTS) is 2. The third-order valence-corrected chi connectivity index (χ3v) is 11.1. The molecule has 0 heterocycles. The summed E-state index contributed by atoms with van der Waals surface area (Å²) in [5.74, 6) is 1.31. The lowest BCUT2D eigenvalue weighted by molar-refractivity contribution is -0.138. The zero-order chi connectivity index (χ0) is 41.5. The normalized spacial score (nSPS) is 11.4. The SMILES string of the molecule is CCCCCCOc1cc2c3cc(CCCC(=O)O)c(CCCC(=O)O)cc3c3cc(OCCCCCC)c(OCCCCCC)cc3c2cc1OCCCCCC. The minimum atomic E-state index is -0.821. The second-order valence-electron chi connectivity index (χ2n) is 16.0. The molecule has 320 valence electrons. The van der Waals surface area contributed by atoms with Gasteiger partial charge in [0.2, 0.25) is 0 Å². The van der Waals surface area contributed by atoms with Crippen molar-refractivity contribution < 1.29 is 38.7 Å². The van der Waals surface area contributed by atoms with E-state index in [9.17, 15) is 19.8 Å². The molecule has 0 spiro atoms. The first-order valence-electron chi connectivity index (χ1n) is 22.8. The molecule has 0 aliphatic carbocycles. The number of aryl methyl sites for hydroxylation is 2. The first kappa shape index (κ1) is 46.5. The Balaban J connectivity index is 1.98. The quantitative estimate of drug-likeness (QED) is 0.0371. The lowest BCUT2D eigenvalue weighted by Gasteiger charge is -2.20. The molecule has 0 radical (unpaired) electrons. The van der Waals surface area contributed by atoms with Gasteiger partial charge in [0.25, 0.3) is 0 Å². The summed E-state index contributed by atoms with van der Waals surface area (Å²) in [6.07, 6.45) is 20.0. The molecule has 0 bridgehead atoms. The summed E-state index contributed by atoms with van der Waals surface area (Å²) < 4.78 is 26.3. The second-order valence-corrected chi connectivity index (χ2v) is 16.0. The largest absolute Gasteiger partial charge is 0.490 e. The van der Waals surface area contributed by atoms with Gasteiger partial charge in [-0.3, -0.25) is 9.59 Å². The van der Waals surface area contributed by atoms with E-state index in [0.717, 1.165) is 143 Å². The molecule has 0 aliphatic rings. The number of fused-ring (bicyclic) bond motifs is 6. The van der Waals surface area contributed by atoms with E-state index < -0.39 is 11.9 Å². The van der Waals surface area contributed by atoms with Gasteiger partial charge in [-0.05, 0) is 119 Å². The molecule has 0 fully saturated rings. The molecule has 4 aromatic rings. The molecule has 0 aromatic heterocycles. The van der Waals surface area contributed by atoms with Gasteiger partial charge in [0.05, 0.1) is 26.4 Å². The number of carbonyl (C=O) groups is 2. The Kier molecular flexibility index (Phi) is 20.9. The Morgan fingerprint density at radius 2 is 0.638 bits per heavy atom. The van der Waals surface area contributed by atoms with Gasteiger partial charge in [-0.25, -0.2) is 0 Å². The van der Waals surface area contributed by atoms with Gasteiger partial charge in [0.1, 0.15) is 0 Å². The van der Waals surface area contributed by atoms with Crippen molar-refractivity contribution >= 4 is 44.3 Å². The molecular formula is C50H72O8. The van der Waals surface area contributed by atoms with Crippen molar-refractivity contribution in [2.75, 3.05) is 26.4 Å². The van der Waals surface area contributed by atoms with Gasteiger partial charge >= 0.3 is 11.9 Å². The maximum atomic E-state index is 11.6. The number of aliphatic carboxylic acids is 2. The van der Waals surface area contributed by atoms with Crippen molar-refractivity contribution in [1.29, 1.82) is 0 Å². The molecule has 4 rings (SSSR count). The highest BCUT2D eigenvalue weighted by Crippen LogP contribution is 2.45. The monoisotopic (exact) mass is 801 g/mol. The molecule has 8 heteroatoms. The Hall–Kier alpha value is -4.20. The van der Waals surface area contributed by atoms with E-state index in [2.05, 4.69) is 64.1 Å². The summed E-state index contributed by atoms with van der Waals surface area (Å²) in [7, 11) is 0. The lowest BCUT2D eigenvalue weighted by atomic mass is 9.88. The molecule has 0 aliphatic heterocycles. The minimum absolute atomic E-state index is 0.0697. The summed E-state index contributed by atoms with van der Waals surface area (Å²) in [5.41, 5.74) is 2.11. The van der Waals surface area contributed by atoms with E-state index >= 15 is 0 Å². The van der Waals surface area contributed by atoms with E-state index in [1.165, 1.54) is 25.7 Å². The van der Waals surface area contributed by atoms with Crippen LogP contribution in [-0.2, 0) is 22.4 Å². The Bertz CT molecular complexity index is 1730. The minimum Gasteiger partial charge on any atom is -0.490 e. The predicted molar refractivity (Wildman–Crippen MR) is 239 cm³/mol. The van der Waals surface area contributed by atoms with Crippen LogP contribution in [0.3, 0.4) is 0 Å². The Morgan fingerprint density at radius 3 is 0.879 bits per heavy atom. The first-order chi connectivity index (χ1) is 28.3. The zero-order valence-electron chi connectivity index (χ0n) is 36.2. The van der Waals surface area contributed by atoms with Gasteiger partial charge in [-0.1, -0.05) is 117 Å². The Morgan fingerprint density at radius 1 is 0.379 bits per heavy atom. The topological polar surface area (TPSA) is 112 Å². The molecule has 2 N–H and O–H groups in total. The molecule has 0 unspecified atom stereocenters. The van der Waals surface area contributed by atoms with Crippen LogP contribution in [0.5, 0.6) is 23.0 Å². The molecule has 8 nitrogen and oxygen atoms in total. The van der Waals surface area contributed by atoms with Crippen LogP contribution in [-0.4, -0.2) is 48.6 Å². The number of unbranched alkanes of at least 4 members (excludes halogenated alkanes) is 12. The number of hydrogen-bond donors (Lipinski definition) is 2. The fourth-order valence-corrected chi connectivity index (χ4v) is 7.77. The highest BCUT2D eigenvalue weighted by atomic mass is 16.5. The van der Waals surface area contributed by atoms with Crippen molar-refractivity contribution in [2.45, 2.75) is 169 Å². The Labute approximate surface area is 348 Å². The van der Waals surface area contributed by atoms with Crippen LogP contribution in [0.25, 0.3) is 32.3 Å². The highest BCUT2D eigenvalue weighted by Gasteiger charge is 2.20. The molecule has 0 amide bonds. The van der Waals surface area contributed by atoms with E-state index in [4.69, 9.17) is 18.9 Å². The summed E-state index contributed by atoms with van der Waals surface area (Å²) in [6, 6.07) is 13.0. The lowest BCUT2D eigenvalue weighted by Crippen LogP contribution is -2.05. The zero-order valence-corrected chi connectivity index (χ0v) is 36.2. The standard InChI is InChI=1S/C50H72O8/c1-5-9-13-17-27-55-45-33-41-39-31-37(23-21-25-49(51)52)38(24-22-26-50(53)54)32-40(39)42-34-46(56-28-18-14-10-6-2)48(58-30-20-16-12-8-4)36-44(42)43(41)35-47(45)57-29-19-15-11-7-3/h31-36H,5-30H2,1-4H3,(H,51,52)(H,53,54). The molecule has 0 atom stereocenters. The van der Waals surface area contributed by atoms with Crippen molar-refractivity contribution in [3.8, 4) is 23.0 Å². The summed E-state index contributed by atoms with van der Waals surface area (Å²) in [5, 5.41) is 25.2. The summed E-state index contributed by atoms with van der Waals surface area (Å²) in [4.78, 5) is 23.2. The van der Waals surface area contributed by atoms with Crippen LogP contribution in [0.2, 0.25) is 0 Å². The molecule has 0 saturated carbocycles. The maximum absolute atomic E-state index is 11.6. The van der Waals surface area contributed by atoms with E-state index in [-0.39, 0.29) is 12.8 Å². The molecule has 4 aromatic carbocycles. The third-order valence-electron chi connectivity index (χ3n) is 11.1. The van der Waals surface area contributed by atoms with Crippen LogP contribution < -0.4 is 18.9 Å². The van der Waals surface area contributed by atoms with E-state index in [1.807, 2.05) is 0 Å². The number of benzene rings is 4. The number of carboxylic acids is 2. The van der Waals surface area contributed by atoms with Gasteiger partial charge in [-0.15, -0.1) is 0 Å². The average Bonchev–Trinajstić information content (AvgIpc) is 3.20. The first-order valence-corrected chi connectivity index (χ1v) is 22.8. The fourth-order valence-electron chi connectivity index (χ4n) is 7.77. The van der Waals surface area contributed by atoms with Gasteiger partial charge in [0.15, 0.2) is 23.0 Å². The summed E-state index contributed by atoms with van der Waals surface area (Å²) >= 11 is 0. The van der Waals surface area contributed by atoms with Crippen molar-refractivity contribution in [2.24, 2.45) is 0 Å². The van der Waals surface area contributed by atoms with Crippen molar-refractivity contribution in [1.82, 2.24) is 0 Å². The van der Waals surface area contributed by atoms with Gasteiger partial charge in [0, 0.05) is 12.8 Å². The van der Waals surface area contributed by atoms with Crippen LogP contribution in [0, 0.1) is 0 Å². The fraction of sp³-hybridized carbons (Fsp3) is 0.600. The molecular weight excluding hydrogens is 729 g/mol. The van der Waals surface area contributed by atoms with Crippen LogP contribution >= 0.6 is 0 Å². The third kappa shape index (κ3) is 14.6. The number of rotatable bonds is 32. The van der Waals surface area contributed by atoms with Crippen LogP contribution in [0.1, 0.15) is 167 Å². The molecule has 58 heavy (non-hydrogen) atoms. The second kappa shape index (κ2) is 26.0. The van der Waals surface area contributed by atoms with Crippen molar-refractivity contribution in [3.05, 3.63) is 47.5 Å². The predicted octanol–water partition coefficient (Wildman–Crippen LogP) is 13.8. The van der Waals surface area contributed by atoms with Crippen LogP contribution in [0.15, 0.2) is 36.4 Å².